The molecule has 2 fully saturated rings. The highest BCUT2D eigenvalue weighted by molar-refractivity contribution is 5.71. The summed E-state index contributed by atoms with van der Waals surface area (Å²) in [6, 6.07) is 0. The van der Waals surface area contributed by atoms with Crippen molar-refractivity contribution in [1.82, 2.24) is 9.55 Å². The topological polar surface area (TPSA) is 73.6 Å². The third-order valence-corrected chi connectivity index (χ3v) is 3.73. The normalized spacial score (nSPS) is 33.2. The molecule has 6 nitrogen and oxygen atoms in total. The molecule has 0 bridgehead atoms. The molecule has 1 aliphatic carbocycles. The van der Waals surface area contributed by atoms with Crippen molar-refractivity contribution >= 4 is 6.09 Å². The smallest absolute Gasteiger partial charge is 0.419 e. The van der Waals surface area contributed by atoms with Crippen molar-refractivity contribution in [2.75, 3.05) is 13.2 Å². The Morgan fingerprint density at radius 3 is 3.17 bits per heavy atom. The fraction of sp³-hybridized carbons (Fsp3) is 0.667. The average Bonchev–Trinajstić information content (AvgIpc) is 2.77. The number of carbonyl (C=O) groups is 1. The molecule has 98 valence electrons. The molecule has 2 aliphatic rings. The predicted octanol–water partition coefficient (Wildman–Crippen LogP) is 0.956. The van der Waals surface area contributed by atoms with E-state index in [4.69, 9.17) is 14.6 Å². The van der Waals surface area contributed by atoms with Crippen molar-refractivity contribution in [3.63, 3.8) is 0 Å². The maximum Gasteiger partial charge on any atom is 0.419 e. The van der Waals surface area contributed by atoms with E-state index in [0.717, 1.165) is 12.1 Å². The van der Waals surface area contributed by atoms with Crippen molar-refractivity contribution < 1.29 is 19.4 Å². The summed E-state index contributed by atoms with van der Waals surface area (Å²) in [5.41, 5.74) is 0.734. The molecule has 0 amide bonds. The SMILES string of the molecule is CCOC(=O)n1cncc1[C@H]1C[C@H]2[C@H](CO)[C@H]2O1. The fourth-order valence-electron chi connectivity index (χ4n) is 2.73. The number of fused-ring (bicyclic) bond motifs is 1. The van der Waals surface area contributed by atoms with Crippen LogP contribution in [0.2, 0.25) is 0 Å². The molecular formula is C12H16N2O4. The highest BCUT2D eigenvalue weighted by Gasteiger charge is 2.58. The summed E-state index contributed by atoms with van der Waals surface area (Å²) in [6.45, 7) is 2.28. The highest BCUT2D eigenvalue weighted by Crippen LogP contribution is 2.55. The van der Waals surface area contributed by atoms with Gasteiger partial charge in [0.1, 0.15) is 12.4 Å². The maximum absolute atomic E-state index is 11.7. The van der Waals surface area contributed by atoms with Gasteiger partial charge in [-0.2, -0.15) is 0 Å². The van der Waals surface area contributed by atoms with Crippen molar-refractivity contribution in [3.8, 4) is 0 Å². The van der Waals surface area contributed by atoms with Crippen LogP contribution >= 0.6 is 0 Å². The lowest BCUT2D eigenvalue weighted by molar-refractivity contribution is 0.0440. The van der Waals surface area contributed by atoms with Gasteiger partial charge in [0.2, 0.25) is 0 Å². The molecule has 0 unspecified atom stereocenters. The molecule has 0 radical (unpaired) electrons. The van der Waals surface area contributed by atoms with Gasteiger partial charge in [0.25, 0.3) is 0 Å². The molecule has 1 aliphatic heterocycles. The molecule has 1 aromatic rings. The second-order valence-corrected chi connectivity index (χ2v) is 4.72. The van der Waals surface area contributed by atoms with E-state index in [9.17, 15) is 4.79 Å². The summed E-state index contributed by atoms with van der Waals surface area (Å²) in [7, 11) is 0. The third-order valence-electron chi connectivity index (χ3n) is 3.73. The number of aliphatic hydroxyl groups is 1. The second kappa shape index (κ2) is 4.37. The van der Waals surface area contributed by atoms with Crippen LogP contribution in [0.25, 0.3) is 0 Å². The van der Waals surface area contributed by atoms with E-state index in [1.54, 1.807) is 13.1 Å². The van der Waals surface area contributed by atoms with Crippen LogP contribution in [0.3, 0.4) is 0 Å². The Balaban J connectivity index is 1.71. The largest absolute Gasteiger partial charge is 0.449 e. The molecule has 6 heteroatoms. The van der Waals surface area contributed by atoms with Gasteiger partial charge < -0.3 is 14.6 Å². The van der Waals surface area contributed by atoms with Gasteiger partial charge in [-0.1, -0.05) is 0 Å². The second-order valence-electron chi connectivity index (χ2n) is 4.72. The van der Waals surface area contributed by atoms with E-state index in [-0.39, 0.29) is 24.7 Å². The zero-order chi connectivity index (χ0) is 12.7. The van der Waals surface area contributed by atoms with E-state index >= 15 is 0 Å². The zero-order valence-corrected chi connectivity index (χ0v) is 10.2. The number of hydrogen-bond acceptors (Lipinski definition) is 5. The third kappa shape index (κ3) is 1.72. The fourth-order valence-corrected chi connectivity index (χ4v) is 2.73. The Hall–Kier alpha value is -1.40. The molecule has 1 saturated carbocycles. The number of carbonyl (C=O) groups excluding carboxylic acids is 1. The zero-order valence-electron chi connectivity index (χ0n) is 10.2. The molecular weight excluding hydrogens is 236 g/mol. The first-order valence-electron chi connectivity index (χ1n) is 6.22. The number of aliphatic hydroxyl groups excluding tert-OH is 1. The lowest BCUT2D eigenvalue weighted by Gasteiger charge is -2.15. The van der Waals surface area contributed by atoms with Gasteiger partial charge in [-0.3, -0.25) is 0 Å². The van der Waals surface area contributed by atoms with Crippen LogP contribution < -0.4 is 0 Å². The number of nitrogens with zero attached hydrogens (tertiary/aromatic N) is 2. The lowest BCUT2D eigenvalue weighted by Crippen LogP contribution is -2.18. The van der Waals surface area contributed by atoms with Crippen molar-refractivity contribution in [1.29, 1.82) is 0 Å². The van der Waals surface area contributed by atoms with E-state index in [1.165, 1.54) is 10.9 Å². The summed E-state index contributed by atoms with van der Waals surface area (Å²) in [5, 5.41) is 9.07. The minimum Gasteiger partial charge on any atom is -0.449 e. The van der Waals surface area contributed by atoms with Gasteiger partial charge in [0.05, 0.1) is 24.6 Å². The number of imidazole rings is 1. The molecule has 1 N–H and O–H groups in total. The van der Waals surface area contributed by atoms with Crippen LogP contribution in [0.1, 0.15) is 25.1 Å². The first-order valence-corrected chi connectivity index (χ1v) is 6.22. The number of aromatic nitrogens is 2. The molecule has 4 atom stereocenters. The lowest BCUT2D eigenvalue weighted by atomic mass is 10.1. The monoisotopic (exact) mass is 252 g/mol. The van der Waals surface area contributed by atoms with Crippen LogP contribution in [0.15, 0.2) is 12.5 Å². The highest BCUT2D eigenvalue weighted by atomic mass is 16.6. The van der Waals surface area contributed by atoms with Gasteiger partial charge in [-0.15, -0.1) is 0 Å². The predicted molar refractivity (Wildman–Crippen MR) is 60.9 cm³/mol. The van der Waals surface area contributed by atoms with Gasteiger partial charge in [0, 0.05) is 12.5 Å². The van der Waals surface area contributed by atoms with E-state index in [0.29, 0.717) is 12.5 Å². The summed E-state index contributed by atoms with van der Waals surface area (Å²) in [5.74, 6) is 0.700. The first kappa shape index (κ1) is 11.7. The van der Waals surface area contributed by atoms with Crippen molar-refractivity contribution in [2.45, 2.75) is 25.6 Å². The Morgan fingerprint density at radius 2 is 2.56 bits per heavy atom. The van der Waals surface area contributed by atoms with Gasteiger partial charge >= 0.3 is 6.09 Å². The molecule has 0 spiro atoms. The maximum atomic E-state index is 11.7. The van der Waals surface area contributed by atoms with Crippen LogP contribution in [0.5, 0.6) is 0 Å². The van der Waals surface area contributed by atoms with Crippen molar-refractivity contribution in [2.24, 2.45) is 11.8 Å². The minimum atomic E-state index is -0.423. The molecule has 18 heavy (non-hydrogen) atoms. The van der Waals surface area contributed by atoms with Crippen LogP contribution in [0.4, 0.5) is 4.79 Å². The van der Waals surface area contributed by atoms with Gasteiger partial charge in [-0.05, 0) is 19.3 Å². The molecule has 0 aromatic carbocycles. The Morgan fingerprint density at radius 1 is 1.72 bits per heavy atom. The first-order chi connectivity index (χ1) is 8.76. The number of hydrogen-bond donors (Lipinski definition) is 1. The van der Waals surface area contributed by atoms with Crippen LogP contribution in [-0.2, 0) is 9.47 Å². The van der Waals surface area contributed by atoms with Crippen LogP contribution in [-0.4, -0.2) is 40.1 Å². The summed E-state index contributed by atoms with van der Waals surface area (Å²) in [6.07, 6.45) is 3.53. The molecule has 1 aromatic heterocycles. The van der Waals surface area contributed by atoms with Crippen molar-refractivity contribution in [3.05, 3.63) is 18.2 Å². The Kier molecular flexibility index (Phi) is 2.83. The molecule has 2 heterocycles. The Labute approximate surface area is 105 Å². The van der Waals surface area contributed by atoms with Gasteiger partial charge in [-0.25, -0.2) is 14.3 Å². The average molecular weight is 252 g/mol. The van der Waals surface area contributed by atoms with Gasteiger partial charge in [0.15, 0.2) is 0 Å². The number of ether oxygens (including phenoxy) is 2. The van der Waals surface area contributed by atoms with E-state index in [2.05, 4.69) is 4.98 Å². The summed E-state index contributed by atoms with van der Waals surface area (Å²) in [4.78, 5) is 15.7. The van der Waals surface area contributed by atoms with E-state index < -0.39 is 6.09 Å². The standard InChI is InChI=1S/C12H16N2O4/c1-2-17-12(16)14-6-13-4-9(14)10-3-7-8(5-15)11(7)18-10/h4,6-8,10-11,15H,2-3,5H2,1H3/t7-,8-,10+,11-/m0/s1. The Bertz CT molecular complexity index is 447. The van der Waals surface area contributed by atoms with E-state index in [1.807, 2.05) is 0 Å². The summed E-state index contributed by atoms with van der Waals surface area (Å²) >= 11 is 0. The molecule has 1 saturated heterocycles. The van der Waals surface area contributed by atoms with Crippen LogP contribution in [0, 0.1) is 11.8 Å². The minimum absolute atomic E-state index is 0.116. The summed E-state index contributed by atoms with van der Waals surface area (Å²) < 4.78 is 12.2. The quantitative estimate of drug-likeness (QED) is 0.867. The molecule has 3 rings (SSSR count). The number of rotatable bonds is 3.